The van der Waals surface area contributed by atoms with E-state index in [1.54, 1.807) is 19.1 Å². The molecule has 1 saturated heterocycles. The summed E-state index contributed by atoms with van der Waals surface area (Å²) in [5, 5.41) is 0.695. The van der Waals surface area contributed by atoms with Crippen LogP contribution in [0.1, 0.15) is 25.8 Å². The Morgan fingerprint density at radius 3 is 2.77 bits per heavy atom. The molecule has 124 valence electrons. The predicted molar refractivity (Wildman–Crippen MR) is 91.9 cm³/mol. The second-order valence-electron chi connectivity index (χ2n) is 5.85. The molecule has 1 aliphatic heterocycles. The molecule has 3 atom stereocenters. The van der Waals surface area contributed by atoms with Crippen LogP contribution in [-0.2, 0) is 4.79 Å². The summed E-state index contributed by atoms with van der Waals surface area (Å²) in [4.78, 5) is 14.4. The van der Waals surface area contributed by atoms with Crippen molar-refractivity contribution < 1.29 is 9.53 Å². The number of hydrogen-bond donors (Lipinski definition) is 1. The van der Waals surface area contributed by atoms with Crippen LogP contribution in [0.15, 0.2) is 18.2 Å². The number of ether oxygens (including phenoxy) is 1. The highest BCUT2D eigenvalue weighted by molar-refractivity contribution is 6.31. The molecule has 0 saturated carbocycles. The molecule has 0 bridgehead atoms. The molecule has 4 nitrogen and oxygen atoms in total. The van der Waals surface area contributed by atoms with Gasteiger partial charge in [0.25, 0.3) is 5.91 Å². The van der Waals surface area contributed by atoms with Gasteiger partial charge in [0, 0.05) is 17.6 Å². The van der Waals surface area contributed by atoms with Gasteiger partial charge < -0.3 is 15.4 Å². The van der Waals surface area contributed by atoms with Gasteiger partial charge in [-0.2, -0.15) is 0 Å². The Bertz CT molecular complexity index is 525. The van der Waals surface area contributed by atoms with E-state index in [1.165, 1.54) is 0 Å². The van der Waals surface area contributed by atoms with Crippen molar-refractivity contribution in [2.45, 2.75) is 39.3 Å². The maximum Gasteiger partial charge on any atom is 0.263 e. The molecule has 3 unspecified atom stereocenters. The first-order valence-electron chi connectivity index (χ1n) is 7.35. The zero-order valence-electron chi connectivity index (χ0n) is 13.2. The summed E-state index contributed by atoms with van der Waals surface area (Å²) in [5.74, 6) is 1.08. The topological polar surface area (TPSA) is 55.6 Å². The minimum atomic E-state index is -0.510. The second kappa shape index (κ2) is 8.04. The van der Waals surface area contributed by atoms with Gasteiger partial charge in [0.1, 0.15) is 5.75 Å². The van der Waals surface area contributed by atoms with Crippen LogP contribution in [0.2, 0.25) is 5.02 Å². The standard InChI is InChI=1S/C16H23ClN2O2.ClH/c1-10-6-14(4-5-15(10)17)21-12(3)16(20)19-9-13(8-18)7-11(19)2;/h4-6,11-13H,7-9,18H2,1-3H3;1H. The van der Waals surface area contributed by atoms with E-state index in [9.17, 15) is 4.79 Å². The number of aryl methyl sites for hydroxylation is 1. The van der Waals surface area contributed by atoms with Crippen molar-refractivity contribution >= 4 is 29.9 Å². The molecule has 6 heteroatoms. The SMILES string of the molecule is Cc1cc(OC(C)C(=O)N2CC(CN)CC2C)ccc1Cl.Cl. The number of carbonyl (C=O) groups excluding carboxylic acids is 1. The summed E-state index contributed by atoms with van der Waals surface area (Å²) in [6.07, 6.45) is 0.458. The minimum Gasteiger partial charge on any atom is -0.481 e. The summed E-state index contributed by atoms with van der Waals surface area (Å²) in [6.45, 7) is 7.11. The molecule has 1 fully saturated rings. The Kier molecular flexibility index (Phi) is 6.98. The van der Waals surface area contributed by atoms with Crippen LogP contribution in [0, 0.1) is 12.8 Å². The first kappa shape index (κ1) is 19.1. The van der Waals surface area contributed by atoms with Crippen LogP contribution >= 0.6 is 24.0 Å². The normalized spacial score (nSPS) is 22.1. The highest BCUT2D eigenvalue weighted by Crippen LogP contribution is 2.25. The number of rotatable bonds is 4. The maximum absolute atomic E-state index is 12.5. The van der Waals surface area contributed by atoms with Crippen molar-refractivity contribution in [3.8, 4) is 5.75 Å². The third kappa shape index (κ3) is 4.28. The van der Waals surface area contributed by atoms with Gasteiger partial charge >= 0.3 is 0 Å². The number of halogens is 2. The average molecular weight is 347 g/mol. The van der Waals surface area contributed by atoms with Gasteiger partial charge in [-0.3, -0.25) is 4.79 Å². The van der Waals surface area contributed by atoms with Crippen LogP contribution < -0.4 is 10.5 Å². The lowest BCUT2D eigenvalue weighted by atomic mass is 10.1. The predicted octanol–water partition coefficient (Wildman–Crippen LogP) is 3.03. The zero-order chi connectivity index (χ0) is 15.6. The van der Waals surface area contributed by atoms with Gasteiger partial charge in [-0.05, 0) is 63.4 Å². The number of benzene rings is 1. The molecular formula is C16H24Cl2N2O2. The Labute approximate surface area is 143 Å². The second-order valence-corrected chi connectivity index (χ2v) is 6.26. The van der Waals surface area contributed by atoms with Gasteiger partial charge in [-0.25, -0.2) is 0 Å². The lowest BCUT2D eigenvalue weighted by molar-refractivity contribution is -0.138. The number of amides is 1. The summed E-state index contributed by atoms with van der Waals surface area (Å²) >= 11 is 5.99. The smallest absolute Gasteiger partial charge is 0.263 e. The van der Waals surface area contributed by atoms with Crippen molar-refractivity contribution in [2.75, 3.05) is 13.1 Å². The van der Waals surface area contributed by atoms with Gasteiger partial charge in [-0.15, -0.1) is 12.4 Å². The van der Waals surface area contributed by atoms with Crippen molar-refractivity contribution in [1.82, 2.24) is 4.90 Å². The molecule has 1 heterocycles. The van der Waals surface area contributed by atoms with E-state index in [0.29, 0.717) is 23.2 Å². The Hall–Kier alpha value is -0.970. The summed E-state index contributed by atoms with van der Waals surface area (Å²) in [6, 6.07) is 5.65. The fourth-order valence-corrected chi connectivity index (χ4v) is 2.92. The van der Waals surface area contributed by atoms with E-state index in [-0.39, 0.29) is 24.4 Å². The first-order chi connectivity index (χ1) is 9.92. The fourth-order valence-electron chi connectivity index (χ4n) is 2.80. The molecule has 0 aliphatic carbocycles. The van der Waals surface area contributed by atoms with Crippen molar-refractivity contribution in [3.05, 3.63) is 28.8 Å². The number of nitrogens with zero attached hydrogens (tertiary/aromatic N) is 1. The quantitative estimate of drug-likeness (QED) is 0.911. The minimum absolute atomic E-state index is 0. The molecule has 1 amide bonds. The molecule has 0 radical (unpaired) electrons. The summed E-state index contributed by atoms with van der Waals surface area (Å²) in [7, 11) is 0. The van der Waals surface area contributed by atoms with E-state index >= 15 is 0 Å². The monoisotopic (exact) mass is 346 g/mol. The zero-order valence-corrected chi connectivity index (χ0v) is 14.8. The van der Waals surface area contributed by atoms with Crippen LogP contribution in [0.5, 0.6) is 5.75 Å². The summed E-state index contributed by atoms with van der Waals surface area (Å²) < 4.78 is 5.76. The first-order valence-corrected chi connectivity index (χ1v) is 7.73. The maximum atomic E-state index is 12.5. The molecule has 0 aromatic heterocycles. The van der Waals surface area contributed by atoms with Crippen LogP contribution in [0.4, 0.5) is 0 Å². The molecule has 0 spiro atoms. The van der Waals surface area contributed by atoms with E-state index in [4.69, 9.17) is 22.1 Å². The van der Waals surface area contributed by atoms with Crippen molar-refractivity contribution in [2.24, 2.45) is 11.7 Å². The lowest BCUT2D eigenvalue weighted by Crippen LogP contribution is -2.42. The fraction of sp³-hybridized carbons (Fsp3) is 0.562. The molecule has 1 aliphatic rings. The van der Waals surface area contributed by atoms with Gasteiger partial charge in [0.15, 0.2) is 6.10 Å². The van der Waals surface area contributed by atoms with Crippen LogP contribution in [0.25, 0.3) is 0 Å². The Morgan fingerprint density at radius 1 is 1.55 bits per heavy atom. The number of hydrogen-bond acceptors (Lipinski definition) is 3. The van der Waals surface area contributed by atoms with Crippen LogP contribution in [-0.4, -0.2) is 36.0 Å². The van der Waals surface area contributed by atoms with Gasteiger partial charge in [0.2, 0.25) is 0 Å². The number of nitrogens with two attached hydrogens (primary N) is 1. The Morgan fingerprint density at radius 2 is 2.23 bits per heavy atom. The average Bonchev–Trinajstić information content (AvgIpc) is 2.83. The van der Waals surface area contributed by atoms with E-state index in [2.05, 4.69) is 6.92 Å². The Balaban J connectivity index is 0.00000242. The highest BCUT2D eigenvalue weighted by atomic mass is 35.5. The summed E-state index contributed by atoms with van der Waals surface area (Å²) in [5.41, 5.74) is 6.64. The number of likely N-dealkylation sites (tertiary alicyclic amines) is 1. The van der Waals surface area contributed by atoms with E-state index < -0.39 is 6.10 Å². The molecule has 1 aromatic carbocycles. The molecule has 22 heavy (non-hydrogen) atoms. The van der Waals surface area contributed by atoms with E-state index in [1.807, 2.05) is 17.9 Å². The van der Waals surface area contributed by atoms with Gasteiger partial charge in [0.05, 0.1) is 0 Å². The van der Waals surface area contributed by atoms with E-state index in [0.717, 1.165) is 18.5 Å². The molecule has 2 rings (SSSR count). The third-order valence-corrected chi connectivity index (χ3v) is 4.49. The molecular weight excluding hydrogens is 323 g/mol. The van der Waals surface area contributed by atoms with Crippen LogP contribution in [0.3, 0.4) is 0 Å². The third-order valence-electron chi connectivity index (χ3n) is 4.07. The number of carbonyl (C=O) groups is 1. The van der Waals surface area contributed by atoms with Crippen molar-refractivity contribution in [1.29, 1.82) is 0 Å². The molecule has 1 aromatic rings. The lowest BCUT2D eigenvalue weighted by Gasteiger charge is -2.25. The highest BCUT2D eigenvalue weighted by Gasteiger charge is 2.34. The largest absolute Gasteiger partial charge is 0.481 e. The molecule has 2 N–H and O–H groups in total. The van der Waals surface area contributed by atoms with Gasteiger partial charge in [-0.1, -0.05) is 11.6 Å². The van der Waals surface area contributed by atoms with Crippen molar-refractivity contribution in [3.63, 3.8) is 0 Å².